The van der Waals surface area contributed by atoms with Crippen molar-refractivity contribution in [3.8, 4) is 0 Å². The van der Waals surface area contributed by atoms with E-state index in [1.807, 2.05) is 0 Å². The van der Waals surface area contributed by atoms with Gasteiger partial charge < -0.3 is 10.2 Å². The van der Waals surface area contributed by atoms with Gasteiger partial charge in [-0.25, -0.2) is 0 Å². The largest absolute Gasteiger partial charge is 0.349 e. The summed E-state index contributed by atoms with van der Waals surface area (Å²) in [7, 11) is 4.22. The van der Waals surface area contributed by atoms with Crippen molar-refractivity contribution in [3.05, 3.63) is 18.0 Å². The zero-order chi connectivity index (χ0) is 14.6. The first-order valence-corrected chi connectivity index (χ1v) is 7.56. The lowest BCUT2D eigenvalue weighted by Gasteiger charge is -2.36. The van der Waals surface area contributed by atoms with Crippen molar-refractivity contribution in [3.63, 3.8) is 0 Å². The summed E-state index contributed by atoms with van der Waals surface area (Å²) in [5, 5.41) is 7.31. The predicted molar refractivity (Wildman–Crippen MR) is 79.7 cm³/mol. The molecule has 5 nitrogen and oxygen atoms in total. The van der Waals surface area contributed by atoms with Crippen LogP contribution in [-0.4, -0.2) is 46.8 Å². The van der Waals surface area contributed by atoms with Crippen LogP contribution in [0.5, 0.6) is 0 Å². The Kier molecular flexibility index (Phi) is 4.81. The van der Waals surface area contributed by atoms with Gasteiger partial charge in [-0.1, -0.05) is 19.8 Å². The van der Waals surface area contributed by atoms with E-state index in [4.69, 9.17) is 0 Å². The Labute approximate surface area is 121 Å². The topological polar surface area (TPSA) is 50.2 Å². The molecule has 0 aromatic carbocycles. The van der Waals surface area contributed by atoms with Gasteiger partial charge in [0.15, 0.2) is 0 Å². The number of aryl methyl sites for hydroxylation is 1. The monoisotopic (exact) mass is 278 g/mol. The maximum Gasteiger partial charge on any atom is 0.269 e. The van der Waals surface area contributed by atoms with Crippen LogP contribution in [0.2, 0.25) is 0 Å². The molecule has 0 unspecified atom stereocenters. The van der Waals surface area contributed by atoms with E-state index < -0.39 is 0 Å². The summed E-state index contributed by atoms with van der Waals surface area (Å²) in [4.78, 5) is 14.6. The highest BCUT2D eigenvalue weighted by molar-refractivity contribution is 5.92. The summed E-state index contributed by atoms with van der Waals surface area (Å²) in [5.41, 5.74) is 0.796. The van der Waals surface area contributed by atoms with Gasteiger partial charge in [0.1, 0.15) is 5.69 Å². The third kappa shape index (κ3) is 3.03. The predicted octanol–water partition coefficient (Wildman–Crippen LogP) is 1.90. The van der Waals surface area contributed by atoms with Crippen LogP contribution in [0.4, 0.5) is 0 Å². The quantitative estimate of drug-likeness (QED) is 0.864. The molecule has 1 saturated carbocycles. The van der Waals surface area contributed by atoms with Crippen LogP contribution in [0.25, 0.3) is 0 Å². The van der Waals surface area contributed by atoms with E-state index >= 15 is 0 Å². The van der Waals surface area contributed by atoms with Crippen molar-refractivity contribution in [1.29, 1.82) is 0 Å². The Bertz CT molecular complexity index is 446. The first-order valence-electron chi connectivity index (χ1n) is 7.56. The van der Waals surface area contributed by atoms with Gasteiger partial charge in [0.25, 0.3) is 5.91 Å². The minimum Gasteiger partial charge on any atom is -0.349 e. The van der Waals surface area contributed by atoms with Crippen LogP contribution in [0.15, 0.2) is 12.3 Å². The molecular weight excluding hydrogens is 252 g/mol. The van der Waals surface area contributed by atoms with Gasteiger partial charge >= 0.3 is 0 Å². The molecule has 0 bridgehead atoms. The number of nitrogens with zero attached hydrogens (tertiary/aromatic N) is 3. The molecule has 1 aromatic rings. The lowest BCUT2D eigenvalue weighted by Crippen LogP contribution is -2.51. The van der Waals surface area contributed by atoms with E-state index in [9.17, 15) is 4.79 Å². The van der Waals surface area contributed by atoms with Crippen LogP contribution in [0.3, 0.4) is 0 Å². The molecule has 112 valence electrons. The molecule has 1 aliphatic carbocycles. The number of nitrogens with one attached hydrogen (secondary N) is 1. The smallest absolute Gasteiger partial charge is 0.269 e. The molecular formula is C15H26N4O. The molecule has 0 radical (unpaired) electrons. The number of aromatic nitrogens is 2. The standard InChI is InChI=1S/C15H26N4O/c1-4-11-19-13(7-10-17-19)14(20)16-12-15(18(2)3)8-5-6-9-15/h7,10H,4-6,8-9,11-12H2,1-3H3,(H,16,20). The highest BCUT2D eigenvalue weighted by Gasteiger charge is 2.36. The molecule has 0 aliphatic heterocycles. The fraction of sp³-hybridized carbons (Fsp3) is 0.733. The zero-order valence-electron chi connectivity index (χ0n) is 12.9. The fourth-order valence-electron chi connectivity index (χ4n) is 3.07. The number of carbonyl (C=O) groups excluding carboxylic acids is 1. The average molecular weight is 278 g/mol. The van der Waals surface area contributed by atoms with Crippen molar-refractivity contribution >= 4 is 5.91 Å². The fourth-order valence-corrected chi connectivity index (χ4v) is 3.07. The minimum atomic E-state index is -0.0101. The Morgan fingerprint density at radius 3 is 2.75 bits per heavy atom. The van der Waals surface area contributed by atoms with Gasteiger partial charge in [0.05, 0.1) is 0 Å². The number of likely N-dealkylation sites (N-methyl/N-ethyl adjacent to an activating group) is 1. The Morgan fingerprint density at radius 1 is 1.45 bits per heavy atom. The van der Waals surface area contributed by atoms with Crippen molar-refractivity contribution in [1.82, 2.24) is 20.0 Å². The Morgan fingerprint density at radius 2 is 2.15 bits per heavy atom. The molecule has 1 aliphatic rings. The lowest BCUT2D eigenvalue weighted by molar-refractivity contribution is 0.0889. The van der Waals surface area contributed by atoms with Crippen molar-refractivity contribution < 1.29 is 4.79 Å². The Balaban J connectivity index is 1.99. The van der Waals surface area contributed by atoms with E-state index in [1.54, 1.807) is 16.9 Å². The summed E-state index contributed by atoms with van der Waals surface area (Å²) in [6.07, 6.45) is 7.50. The average Bonchev–Trinajstić information content (AvgIpc) is 3.06. The summed E-state index contributed by atoms with van der Waals surface area (Å²) >= 11 is 0. The van der Waals surface area contributed by atoms with Crippen LogP contribution in [-0.2, 0) is 6.54 Å². The molecule has 1 amide bonds. The lowest BCUT2D eigenvalue weighted by atomic mass is 9.96. The minimum absolute atomic E-state index is 0.0101. The highest BCUT2D eigenvalue weighted by Crippen LogP contribution is 2.33. The SMILES string of the molecule is CCCn1nccc1C(=O)NCC1(N(C)C)CCCC1. The van der Waals surface area contributed by atoms with Gasteiger partial charge in [-0.3, -0.25) is 9.48 Å². The molecule has 0 atom stereocenters. The molecule has 0 saturated heterocycles. The highest BCUT2D eigenvalue weighted by atomic mass is 16.2. The third-order valence-electron chi connectivity index (χ3n) is 4.45. The summed E-state index contributed by atoms with van der Waals surface area (Å²) in [6.45, 7) is 3.59. The van der Waals surface area contributed by atoms with Crippen molar-refractivity contribution in [2.24, 2.45) is 0 Å². The molecule has 1 aromatic heterocycles. The second kappa shape index (κ2) is 6.39. The summed E-state index contributed by atoms with van der Waals surface area (Å²) in [6, 6.07) is 1.79. The second-order valence-corrected chi connectivity index (χ2v) is 5.95. The van der Waals surface area contributed by atoms with Gasteiger partial charge in [0.2, 0.25) is 0 Å². The number of carbonyl (C=O) groups is 1. The first kappa shape index (κ1) is 15.0. The summed E-state index contributed by atoms with van der Waals surface area (Å²) < 4.78 is 1.78. The van der Waals surface area contributed by atoms with E-state index in [-0.39, 0.29) is 11.4 Å². The van der Waals surface area contributed by atoms with Gasteiger partial charge in [-0.2, -0.15) is 5.10 Å². The van der Waals surface area contributed by atoms with E-state index in [2.05, 4.69) is 36.3 Å². The molecule has 1 heterocycles. The normalized spacial score (nSPS) is 17.6. The molecule has 20 heavy (non-hydrogen) atoms. The second-order valence-electron chi connectivity index (χ2n) is 5.95. The molecule has 1 fully saturated rings. The first-order chi connectivity index (χ1) is 9.59. The maximum absolute atomic E-state index is 12.3. The number of hydrogen-bond acceptors (Lipinski definition) is 3. The van der Waals surface area contributed by atoms with Crippen molar-refractivity contribution in [2.75, 3.05) is 20.6 Å². The summed E-state index contributed by atoms with van der Waals surface area (Å²) in [5.74, 6) is -0.0101. The van der Waals surface area contributed by atoms with Gasteiger partial charge in [0, 0.05) is 24.8 Å². The van der Waals surface area contributed by atoms with E-state index in [0.29, 0.717) is 5.69 Å². The van der Waals surface area contributed by atoms with Gasteiger partial charge in [-0.05, 0) is 39.4 Å². The van der Waals surface area contributed by atoms with Crippen molar-refractivity contribution in [2.45, 2.75) is 51.1 Å². The molecule has 0 spiro atoms. The Hall–Kier alpha value is -1.36. The number of hydrogen-bond donors (Lipinski definition) is 1. The van der Waals surface area contributed by atoms with Gasteiger partial charge in [-0.15, -0.1) is 0 Å². The van der Waals surface area contributed by atoms with E-state index in [0.717, 1.165) is 32.4 Å². The molecule has 5 heteroatoms. The molecule has 1 N–H and O–H groups in total. The number of amides is 1. The zero-order valence-corrected chi connectivity index (χ0v) is 12.9. The number of rotatable bonds is 6. The third-order valence-corrected chi connectivity index (χ3v) is 4.45. The van der Waals surface area contributed by atoms with E-state index in [1.165, 1.54) is 12.8 Å². The maximum atomic E-state index is 12.3. The van der Waals surface area contributed by atoms with Crippen LogP contribution in [0, 0.1) is 0 Å². The van der Waals surface area contributed by atoms with Crippen LogP contribution >= 0.6 is 0 Å². The molecule has 2 rings (SSSR count). The van der Waals surface area contributed by atoms with Crippen LogP contribution < -0.4 is 5.32 Å². The van der Waals surface area contributed by atoms with Crippen LogP contribution in [0.1, 0.15) is 49.5 Å².